The van der Waals surface area contributed by atoms with Crippen LogP contribution in [0, 0.1) is 0 Å². The Kier molecular flexibility index (Phi) is 1.11. The highest BCUT2D eigenvalue weighted by atomic mass is 15.2. The van der Waals surface area contributed by atoms with E-state index in [1.807, 2.05) is 4.90 Å². The van der Waals surface area contributed by atoms with Crippen LogP contribution in [0.2, 0.25) is 0 Å². The molecule has 0 aromatic carbocycles. The standard InChI is InChI=1S/C5H8N2/c1-2-7-4-3-6-5-7/h2,5H,1,3-4H2. The Balaban J connectivity index is 2.42. The molecule has 0 spiro atoms. The Morgan fingerprint density at radius 1 is 1.86 bits per heavy atom. The maximum Gasteiger partial charge on any atom is 0.0890 e. The molecule has 0 amide bonds. The first-order valence-electron chi connectivity index (χ1n) is 2.32. The minimum Gasteiger partial charge on any atom is -0.338 e. The Morgan fingerprint density at radius 3 is 3.00 bits per heavy atom. The van der Waals surface area contributed by atoms with Crippen molar-refractivity contribution in [2.45, 2.75) is 0 Å². The second-order valence-corrected chi connectivity index (χ2v) is 1.44. The maximum atomic E-state index is 3.97. The van der Waals surface area contributed by atoms with Crippen molar-refractivity contribution in [3.05, 3.63) is 12.8 Å². The van der Waals surface area contributed by atoms with E-state index < -0.39 is 0 Å². The van der Waals surface area contributed by atoms with Gasteiger partial charge in [0.05, 0.1) is 12.9 Å². The predicted octanol–water partition coefficient (Wildman–Crippen LogP) is 0.474. The molecule has 1 aliphatic heterocycles. The van der Waals surface area contributed by atoms with E-state index in [9.17, 15) is 0 Å². The zero-order valence-electron chi connectivity index (χ0n) is 4.17. The van der Waals surface area contributed by atoms with Gasteiger partial charge in [-0.2, -0.15) is 0 Å². The second-order valence-electron chi connectivity index (χ2n) is 1.44. The van der Waals surface area contributed by atoms with Gasteiger partial charge in [-0.3, -0.25) is 4.99 Å². The zero-order valence-corrected chi connectivity index (χ0v) is 4.17. The molecule has 2 heteroatoms. The molecule has 38 valence electrons. The van der Waals surface area contributed by atoms with Crippen LogP contribution in [0.15, 0.2) is 17.8 Å². The van der Waals surface area contributed by atoms with Crippen LogP contribution in [0.3, 0.4) is 0 Å². The molecule has 2 nitrogen and oxygen atoms in total. The summed E-state index contributed by atoms with van der Waals surface area (Å²) in [7, 11) is 0. The average molecular weight is 96.1 g/mol. The van der Waals surface area contributed by atoms with Gasteiger partial charge in [-0.05, 0) is 6.20 Å². The van der Waals surface area contributed by atoms with Crippen LogP contribution in [0.5, 0.6) is 0 Å². The van der Waals surface area contributed by atoms with Crippen molar-refractivity contribution >= 4 is 6.34 Å². The molecule has 7 heavy (non-hydrogen) atoms. The van der Waals surface area contributed by atoms with E-state index in [0.29, 0.717) is 0 Å². The van der Waals surface area contributed by atoms with Crippen LogP contribution >= 0.6 is 0 Å². The molecule has 0 aliphatic carbocycles. The van der Waals surface area contributed by atoms with Crippen LogP contribution in [-0.2, 0) is 0 Å². The lowest BCUT2D eigenvalue weighted by Gasteiger charge is -2.02. The van der Waals surface area contributed by atoms with Crippen molar-refractivity contribution in [2.24, 2.45) is 4.99 Å². The Bertz CT molecular complexity index is 96.3. The summed E-state index contributed by atoms with van der Waals surface area (Å²) in [5, 5.41) is 0. The van der Waals surface area contributed by atoms with Crippen LogP contribution in [-0.4, -0.2) is 24.3 Å². The highest BCUT2D eigenvalue weighted by Crippen LogP contribution is 1.90. The predicted molar refractivity (Wildman–Crippen MR) is 30.3 cm³/mol. The van der Waals surface area contributed by atoms with E-state index in [4.69, 9.17) is 0 Å². The summed E-state index contributed by atoms with van der Waals surface area (Å²) >= 11 is 0. The molecule has 1 aliphatic rings. The van der Waals surface area contributed by atoms with Crippen molar-refractivity contribution < 1.29 is 0 Å². The van der Waals surface area contributed by atoms with Crippen molar-refractivity contribution in [2.75, 3.05) is 13.1 Å². The van der Waals surface area contributed by atoms with E-state index in [0.717, 1.165) is 13.1 Å². The molecule has 0 fully saturated rings. The monoisotopic (exact) mass is 96.1 g/mol. The smallest absolute Gasteiger partial charge is 0.0890 e. The lowest BCUT2D eigenvalue weighted by Crippen LogP contribution is -2.09. The number of hydrogen-bond acceptors (Lipinski definition) is 2. The van der Waals surface area contributed by atoms with E-state index in [2.05, 4.69) is 11.6 Å². The molecule has 0 N–H and O–H groups in total. The maximum absolute atomic E-state index is 3.97. The first-order chi connectivity index (χ1) is 3.43. The van der Waals surface area contributed by atoms with E-state index >= 15 is 0 Å². The number of rotatable bonds is 1. The lowest BCUT2D eigenvalue weighted by atomic mass is 10.6. The SMILES string of the molecule is C=CN1C=NCC1. The molecule has 1 rings (SSSR count). The lowest BCUT2D eigenvalue weighted by molar-refractivity contribution is 0.626. The van der Waals surface area contributed by atoms with Crippen LogP contribution in [0.25, 0.3) is 0 Å². The molecule has 0 saturated heterocycles. The van der Waals surface area contributed by atoms with Crippen LogP contribution in [0.1, 0.15) is 0 Å². The summed E-state index contributed by atoms with van der Waals surface area (Å²) in [6.07, 6.45) is 3.57. The third-order valence-electron chi connectivity index (χ3n) is 0.952. The van der Waals surface area contributed by atoms with Gasteiger partial charge in [0.25, 0.3) is 0 Å². The van der Waals surface area contributed by atoms with Gasteiger partial charge in [0.1, 0.15) is 0 Å². The summed E-state index contributed by atoms with van der Waals surface area (Å²) in [5.41, 5.74) is 0. The molecule has 0 atom stereocenters. The van der Waals surface area contributed by atoms with Crippen LogP contribution < -0.4 is 0 Å². The second kappa shape index (κ2) is 1.78. The molecule has 0 radical (unpaired) electrons. The fraction of sp³-hybridized carbons (Fsp3) is 0.400. The van der Waals surface area contributed by atoms with Gasteiger partial charge in [-0.1, -0.05) is 6.58 Å². The van der Waals surface area contributed by atoms with Gasteiger partial charge < -0.3 is 4.90 Å². The largest absolute Gasteiger partial charge is 0.338 e. The topological polar surface area (TPSA) is 15.6 Å². The normalized spacial score (nSPS) is 18.0. The minimum absolute atomic E-state index is 0.923. The van der Waals surface area contributed by atoms with Crippen molar-refractivity contribution in [3.63, 3.8) is 0 Å². The first kappa shape index (κ1) is 4.37. The Hall–Kier alpha value is -0.790. The third-order valence-corrected chi connectivity index (χ3v) is 0.952. The van der Waals surface area contributed by atoms with Crippen LogP contribution in [0.4, 0.5) is 0 Å². The molecule has 0 saturated carbocycles. The van der Waals surface area contributed by atoms with Gasteiger partial charge in [-0.15, -0.1) is 0 Å². The van der Waals surface area contributed by atoms with Crippen molar-refractivity contribution in [3.8, 4) is 0 Å². The Morgan fingerprint density at radius 2 is 2.71 bits per heavy atom. The number of hydrogen-bond donors (Lipinski definition) is 0. The summed E-state index contributed by atoms with van der Waals surface area (Å²) in [4.78, 5) is 5.92. The molecular weight excluding hydrogens is 88.1 g/mol. The fourth-order valence-corrected chi connectivity index (χ4v) is 0.532. The van der Waals surface area contributed by atoms with E-state index in [1.54, 1.807) is 12.5 Å². The molecular formula is C5H8N2. The van der Waals surface area contributed by atoms with Gasteiger partial charge in [0, 0.05) is 6.54 Å². The highest BCUT2D eigenvalue weighted by molar-refractivity contribution is 5.58. The minimum atomic E-state index is 0.923. The molecule has 1 heterocycles. The molecule has 0 aromatic rings. The quantitative estimate of drug-likeness (QED) is 0.463. The van der Waals surface area contributed by atoms with E-state index in [1.165, 1.54) is 0 Å². The highest BCUT2D eigenvalue weighted by Gasteiger charge is 1.96. The number of aliphatic imine (C=N–C) groups is 1. The average Bonchev–Trinajstić information content (AvgIpc) is 2.14. The summed E-state index contributed by atoms with van der Waals surface area (Å²) in [6, 6.07) is 0. The molecule has 0 aromatic heterocycles. The Labute approximate surface area is 43.2 Å². The summed E-state index contributed by atoms with van der Waals surface area (Å²) in [6.45, 7) is 5.50. The zero-order chi connectivity index (χ0) is 5.11. The first-order valence-corrected chi connectivity index (χ1v) is 2.32. The van der Waals surface area contributed by atoms with E-state index in [-0.39, 0.29) is 0 Å². The summed E-state index contributed by atoms with van der Waals surface area (Å²) in [5.74, 6) is 0. The van der Waals surface area contributed by atoms with Crippen molar-refractivity contribution in [1.82, 2.24) is 4.90 Å². The van der Waals surface area contributed by atoms with Gasteiger partial charge >= 0.3 is 0 Å². The van der Waals surface area contributed by atoms with Gasteiger partial charge in [0.15, 0.2) is 0 Å². The fourth-order valence-electron chi connectivity index (χ4n) is 0.532. The third kappa shape index (κ3) is 0.796. The summed E-state index contributed by atoms with van der Waals surface area (Å²) < 4.78 is 0. The number of nitrogens with zero attached hydrogens (tertiary/aromatic N) is 2. The molecule has 0 bridgehead atoms. The molecule has 0 unspecified atom stereocenters. The van der Waals surface area contributed by atoms with Gasteiger partial charge in [-0.25, -0.2) is 0 Å². The van der Waals surface area contributed by atoms with Gasteiger partial charge in [0.2, 0.25) is 0 Å². The van der Waals surface area contributed by atoms with Crippen molar-refractivity contribution in [1.29, 1.82) is 0 Å².